The van der Waals surface area contributed by atoms with Crippen LogP contribution in [0.15, 0.2) is 30.3 Å². The van der Waals surface area contributed by atoms with E-state index in [1.165, 1.54) is 5.56 Å². The average molecular weight is 398 g/mol. The standard InChI is InChI=1S/C24H32N2O3/c1-16-12-17(2)23(18(3)13-16)25-24(27)20-8-7-11-26(20,4)15-19-9-10-21(28-5)22(14-19)29-6/h9-10,12-14,20H,7-8,11,15H2,1-6H3/p+1. The maximum Gasteiger partial charge on any atom is 0.282 e. The van der Waals surface area contributed by atoms with E-state index >= 15 is 0 Å². The number of nitrogens with one attached hydrogen (secondary N) is 1. The summed E-state index contributed by atoms with van der Waals surface area (Å²) in [5, 5.41) is 3.23. The van der Waals surface area contributed by atoms with Gasteiger partial charge in [0.05, 0.1) is 27.8 Å². The molecule has 0 bridgehead atoms. The van der Waals surface area contributed by atoms with Crippen LogP contribution in [0.5, 0.6) is 11.5 Å². The minimum absolute atomic E-state index is 0.0665. The van der Waals surface area contributed by atoms with E-state index in [1.807, 2.05) is 12.1 Å². The van der Waals surface area contributed by atoms with E-state index in [4.69, 9.17) is 9.47 Å². The highest BCUT2D eigenvalue weighted by atomic mass is 16.5. The van der Waals surface area contributed by atoms with Gasteiger partial charge in [0, 0.05) is 24.1 Å². The fourth-order valence-corrected chi connectivity index (χ4v) is 4.70. The van der Waals surface area contributed by atoms with Crippen molar-refractivity contribution in [2.24, 2.45) is 0 Å². The van der Waals surface area contributed by atoms with Crippen molar-refractivity contribution < 1.29 is 18.8 Å². The molecule has 0 aliphatic carbocycles. The topological polar surface area (TPSA) is 47.6 Å². The third kappa shape index (κ3) is 4.40. The summed E-state index contributed by atoms with van der Waals surface area (Å²) in [4.78, 5) is 13.3. The normalized spacial score (nSPS) is 21.1. The van der Waals surface area contributed by atoms with Crippen LogP contribution in [0.2, 0.25) is 0 Å². The number of ether oxygens (including phenoxy) is 2. The largest absolute Gasteiger partial charge is 0.493 e. The Balaban J connectivity index is 1.80. The van der Waals surface area contributed by atoms with E-state index in [2.05, 4.69) is 51.3 Å². The van der Waals surface area contributed by atoms with Gasteiger partial charge < -0.3 is 19.3 Å². The van der Waals surface area contributed by atoms with E-state index in [9.17, 15) is 4.79 Å². The predicted octanol–water partition coefficient (Wildman–Crippen LogP) is 4.38. The Kier molecular flexibility index (Phi) is 6.18. The number of benzene rings is 2. The predicted molar refractivity (Wildman–Crippen MR) is 117 cm³/mol. The number of aryl methyl sites for hydroxylation is 3. The Hall–Kier alpha value is -2.53. The molecule has 1 N–H and O–H groups in total. The number of likely N-dealkylation sites (tertiary alicyclic amines) is 1. The highest BCUT2D eigenvalue weighted by molar-refractivity contribution is 5.95. The van der Waals surface area contributed by atoms with Crippen molar-refractivity contribution in [1.82, 2.24) is 0 Å². The molecule has 1 heterocycles. The molecule has 0 saturated carbocycles. The molecule has 2 unspecified atom stereocenters. The maximum absolute atomic E-state index is 13.3. The monoisotopic (exact) mass is 397 g/mol. The first-order chi connectivity index (χ1) is 13.8. The van der Waals surface area contributed by atoms with Crippen molar-refractivity contribution in [2.45, 2.75) is 46.2 Å². The quantitative estimate of drug-likeness (QED) is 0.736. The summed E-state index contributed by atoms with van der Waals surface area (Å²) in [5.74, 6) is 1.56. The number of methoxy groups -OCH3 is 2. The van der Waals surface area contributed by atoms with Crippen LogP contribution in [0.25, 0.3) is 0 Å². The lowest BCUT2D eigenvalue weighted by Crippen LogP contribution is -2.52. The summed E-state index contributed by atoms with van der Waals surface area (Å²) >= 11 is 0. The van der Waals surface area contributed by atoms with E-state index in [-0.39, 0.29) is 11.9 Å². The second kappa shape index (κ2) is 8.46. The average Bonchev–Trinajstić information content (AvgIpc) is 3.05. The Bertz CT molecular complexity index is 886. The number of nitrogens with zero attached hydrogens (tertiary/aromatic N) is 1. The van der Waals surface area contributed by atoms with Crippen LogP contribution in [0.4, 0.5) is 5.69 Å². The third-order valence-corrected chi connectivity index (χ3v) is 6.12. The second-order valence-corrected chi connectivity index (χ2v) is 8.47. The fourth-order valence-electron chi connectivity index (χ4n) is 4.70. The van der Waals surface area contributed by atoms with Gasteiger partial charge in [0.2, 0.25) is 0 Å². The van der Waals surface area contributed by atoms with Crippen LogP contribution >= 0.6 is 0 Å². The molecule has 29 heavy (non-hydrogen) atoms. The van der Waals surface area contributed by atoms with Gasteiger partial charge in [-0.3, -0.25) is 4.79 Å². The van der Waals surface area contributed by atoms with Crippen molar-refractivity contribution in [3.05, 3.63) is 52.6 Å². The van der Waals surface area contributed by atoms with E-state index in [1.54, 1.807) is 14.2 Å². The molecule has 0 spiro atoms. The number of carbonyl (C=O) groups is 1. The molecule has 1 saturated heterocycles. The minimum atomic E-state index is -0.0665. The number of amides is 1. The number of carbonyl (C=O) groups excluding carboxylic acids is 1. The first kappa shape index (κ1) is 21.2. The molecule has 1 amide bonds. The summed E-state index contributed by atoms with van der Waals surface area (Å²) in [7, 11) is 5.47. The first-order valence-electron chi connectivity index (χ1n) is 10.2. The summed E-state index contributed by atoms with van der Waals surface area (Å²) < 4.78 is 11.5. The van der Waals surface area contributed by atoms with Gasteiger partial charge in [-0.2, -0.15) is 0 Å². The Morgan fingerprint density at radius 1 is 1.07 bits per heavy atom. The van der Waals surface area contributed by atoms with Crippen molar-refractivity contribution in [3.8, 4) is 11.5 Å². The lowest BCUT2D eigenvalue weighted by atomic mass is 10.0. The molecule has 3 rings (SSSR count). The zero-order chi connectivity index (χ0) is 21.2. The van der Waals surface area contributed by atoms with Gasteiger partial charge in [0.25, 0.3) is 5.91 Å². The van der Waals surface area contributed by atoms with Crippen LogP contribution in [-0.4, -0.2) is 44.2 Å². The molecule has 1 aliphatic heterocycles. The van der Waals surface area contributed by atoms with Crippen LogP contribution in [0.1, 0.15) is 35.1 Å². The highest BCUT2D eigenvalue weighted by Gasteiger charge is 2.43. The van der Waals surface area contributed by atoms with Crippen LogP contribution < -0.4 is 14.8 Å². The summed E-state index contributed by atoms with van der Waals surface area (Å²) in [5.41, 5.74) is 5.54. The fraction of sp³-hybridized carbons (Fsp3) is 0.458. The number of quaternary nitrogens is 1. The summed E-state index contributed by atoms with van der Waals surface area (Å²) in [6.45, 7) is 7.96. The zero-order valence-corrected chi connectivity index (χ0v) is 18.5. The lowest BCUT2D eigenvalue weighted by Gasteiger charge is -2.35. The van der Waals surface area contributed by atoms with Gasteiger partial charge in [-0.05, 0) is 50.1 Å². The summed E-state index contributed by atoms with van der Waals surface area (Å²) in [6, 6.07) is 10.2. The molecule has 0 aromatic heterocycles. The zero-order valence-electron chi connectivity index (χ0n) is 18.5. The van der Waals surface area contributed by atoms with Crippen LogP contribution in [-0.2, 0) is 11.3 Å². The Labute approximate surface area is 174 Å². The lowest BCUT2D eigenvalue weighted by molar-refractivity contribution is -0.925. The van der Waals surface area contributed by atoms with Gasteiger partial charge >= 0.3 is 0 Å². The molecule has 156 valence electrons. The SMILES string of the molecule is COc1ccc(C[N+]2(C)CCCC2C(=O)Nc2c(C)cc(C)cc2C)cc1OC. The van der Waals surface area contributed by atoms with Gasteiger partial charge in [0.1, 0.15) is 6.54 Å². The van der Waals surface area contributed by atoms with Crippen molar-refractivity contribution in [1.29, 1.82) is 0 Å². The number of hydrogen-bond acceptors (Lipinski definition) is 3. The number of hydrogen-bond donors (Lipinski definition) is 1. The number of likely N-dealkylation sites (N-methyl/N-ethyl adjacent to an activating group) is 1. The van der Waals surface area contributed by atoms with Gasteiger partial charge in [0.15, 0.2) is 17.5 Å². The van der Waals surface area contributed by atoms with Crippen molar-refractivity contribution in [3.63, 3.8) is 0 Å². The first-order valence-corrected chi connectivity index (χ1v) is 10.2. The number of anilines is 1. The van der Waals surface area contributed by atoms with E-state index in [0.717, 1.165) is 59.8 Å². The van der Waals surface area contributed by atoms with Crippen LogP contribution in [0.3, 0.4) is 0 Å². The number of rotatable bonds is 6. The van der Waals surface area contributed by atoms with E-state index < -0.39 is 0 Å². The molecule has 1 aliphatic rings. The minimum Gasteiger partial charge on any atom is -0.493 e. The van der Waals surface area contributed by atoms with Crippen molar-refractivity contribution in [2.75, 3.05) is 33.1 Å². The molecule has 1 fully saturated rings. The van der Waals surface area contributed by atoms with Crippen molar-refractivity contribution >= 4 is 11.6 Å². The third-order valence-electron chi connectivity index (χ3n) is 6.12. The molecule has 2 aromatic carbocycles. The van der Waals surface area contributed by atoms with Gasteiger partial charge in [-0.15, -0.1) is 0 Å². The molecule has 5 heteroatoms. The van der Waals surface area contributed by atoms with Crippen LogP contribution in [0, 0.1) is 20.8 Å². The summed E-state index contributed by atoms with van der Waals surface area (Å²) in [6.07, 6.45) is 1.95. The molecule has 5 nitrogen and oxygen atoms in total. The van der Waals surface area contributed by atoms with Gasteiger partial charge in [-0.25, -0.2) is 0 Å². The molecular weight excluding hydrogens is 364 g/mol. The molecular formula is C24H33N2O3+. The van der Waals surface area contributed by atoms with E-state index in [0.29, 0.717) is 4.48 Å². The highest BCUT2D eigenvalue weighted by Crippen LogP contribution is 2.33. The molecule has 2 atom stereocenters. The molecule has 2 aromatic rings. The second-order valence-electron chi connectivity index (χ2n) is 8.47. The Morgan fingerprint density at radius 2 is 1.72 bits per heavy atom. The molecule has 0 radical (unpaired) electrons. The Morgan fingerprint density at radius 3 is 2.34 bits per heavy atom. The van der Waals surface area contributed by atoms with Gasteiger partial charge in [-0.1, -0.05) is 17.7 Å². The smallest absolute Gasteiger partial charge is 0.282 e. The maximum atomic E-state index is 13.3.